The third-order valence-electron chi connectivity index (χ3n) is 2.59. The molecule has 2 heterocycles. The summed E-state index contributed by atoms with van der Waals surface area (Å²) in [5.41, 5.74) is -0.708. The first kappa shape index (κ1) is 12.6. The molecular formula is C10H4ClF2N3O4. The van der Waals surface area contributed by atoms with Crippen LogP contribution in [-0.4, -0.2) is 21.4 Å². The van der Waals surface area contributed by atoms with Gasteiger partial charge in [0.15, 0.2) is 11.5 Å². The van der Waals surface area contributed by atoms with E-state index in [1.54, 1.807) is 0 Å². The fourth-order valence-electron chi connectivity index (χ4n) is 1.84. The monoisotopic (exact) mass is 303 g/mol. The van der Waals surface area contributed by atoms with Crippen molar-refractivity contribution in [1.82, 2.24) is 10.2 Å². The zero-order valence-corrected chi connectivity index (χ0v) is 10.1. The number of nitrogens with zero attached hydrogens (tertiary/aromatic N) is 2. The maximum Gasteiger partial charge on any atom is 0.586 e. The molecule has 2 aromatic rings. The summed E-state index contributed by atoms with van der Waals surface area (Å²) in [4.78, 5) is 10.3. The average Bonchev–Trinajstić information content (AvgIpc) is 2.88. The lowest BCUT2D eigenvalue weighted by Crippen LogP contribution is -2.26. The Kier molecular flexibility index (Phi) is 2.54. The molecule has 0 spiro atoms. The van der Waals surface area contributed by atoms with Gasteiger partial charge in [0.25, 0.3) is 5.69 Å². The number of benzene rings is 1. The highest BCUT2D eigenvalue weighted by atomic mass is 35.5. The van der Waals surface area contributed by atoms with E-state index in [1.165, 1.54) is 6.20 Å². The Hall–Kier alpha value is -2.42. The van der Waals surface area contributed by atoms with Gasteiger partial charge in [-0.05, 0) is 6.07 Å². The number of alkyl halides is 2. The molecule has 0 atom stereocenters. The van der Waals surface area contributed by atoms with E-state index in [9.17, 15) is 18.9 Å². The van der Waals surface area contributed by atoms with E-state index in [2.05, 4.69) is 19.7 Å². The number of fused-ring (bicyclic) bond motifs is 1. The summed E-state index contributed by atoms with van der Waals surface area (Å²) in [7, 11) is 0. The molecule has 1 N–H and O–H groups in total. The second-order valence-corrected chi connectivity index (χ2v) is 4.21. The number of ether oxygens (including phenoxy) is 2. The second kappa shape index (κ2) is 4.04. The van der Waals surface area contributed by atoms with E-state index < -0.39 is 22.7 Å². The van der Waals surface area contributed by atoms with E-state index in [0.29, 0.717) is 0 Å². The Morgan fingerprint density at radius 1 is 1.40 bits per heavy atom. The number of hydrogen-bond donors (Lipinski definition) is 1. The molecule has 0 saturated carbocycles. The van der Waals surface area contributed by atoms with Gasteiger partial charge in [-0.3, -0.25) is 15.2 Å². The van der Waals surface area contributed by atoms with Crippen LogP contribution in [0.5, 0.6) is 11.5 Å². The molecule has 1 aromatic carbocycles. The zero-order valence-electron chi connectivity index (χ0n) is 9.39. The Morgan fingerprint density at radius 2 is 2.15 bits per heavy atom. The third-order valence-corrected chi connectivity index (χ3v) is 2.88. The standard InChI is InChI=1S/C10H4ClF2N3O4/c11-4-3-14-15-8(4)7-5(16(17)18)1-2-6-9(7)20-10(12,13)19-6/h1-3H,(H,14,15). The molecule has 0 amide bonds. The van der Waals surface area contributed by atoms with Crippen LogP contribution in [0.1, 0.15) is 0 Å². The van der Waals surface area contributed by atoms with Crippen LogP contribution >= 0.6 is 11.6 Å². The highest BCUT2D eigenvalue weighted by molar-refractivity contribution is 6.33. The Morgan fingerprint density at radius 3 is 2.75 bits per heavy atom. The number of H-pyrrole nitrogens is 1. The van der Waals surface area contributed by atoms with Crippen LogP contribution < -0.4 is 9.47 Å². The Balaban J connectivity index is 2.29. The smallest absolute Gasteiger partial charge is 0.395 e. The third kappa shape index (κ3) is 1.83. The van der Waals surface area contributed by atoms with Gasteiger partial charge in [-0.2, -0.15) is 5.10 Å². The van der Waals surface area contributed by atoms with Crippen molar-refractivity contribution < 1.29 is 23.2 Å². The molecule has 0 saturated heterocycles. The van der Waals surface area contributed by atoms with Crippen molar-refractivity contribution in [2.75, 3.05) is 0 Å². The molecule has 0 radical (unpaired) electrons. The lowest BCUT2D eigenvalue weighted by Gasteiger charge is -2.06. The minimum atomic E-state index is -3.89. The number of halogens is 3. The summed E-state index contributed by atoms with van der Waals surface area (Å²) >= 11 is 5.82. The molecular weight excluding hydrogens is 300 g/mol. The summed E-state index contributed by atoms with van der Waals surface area (Å²) in [6.45, 7) is 0. The highest BCUT2D eigenvalue weighted by Crippen LogP contribution is 2.51. The Bertz CT molecular complexity index is 719. The molecule has 1 aromatic heterocycles. The predicted molar refractivity (Wildman–Crippen MR) is 61.9 cm³/mol. The van der Waals surface area contributed by atoms with Crippen molar-refractivity contribution in [1.29, 1.82) is 0 Å². The van der Waals surface area contributed by atoms with Crippen molar-refractivity contribution in [2.45, 2.75) is 6.29 Å². The van der Waals surface area contributed by atoms with Crippen LogP contribution in [0.15, 0.2) is 18.3 Å². The topological polar surface area (TPSA) is 90.3 Å². The average molecular weight is 304 g/mol. The van der Waals surface area contributed by atoms with Gasteiger partial charge in [0.2, 0.25) is 0 Å². The van der Waals surface area contributed by atoms with Gasteiger partial charge in [0.1, 0.15) is 5.56 Å². The number of nitrogens with one attached hydrogen (secondary N) is 1. The molecule has 104 valence electrons. The van der Waals surface area contributed by atoms with Gasteiger partial charge >= 0.3 is 6.29 Å². The largest absolute Gasteiger partial charge is 0.586 e. The van der Waals surface area contributed by atoms with Crippen molar-refractivity contribution >= 4 is 17.3 Å². The minimum absolute atomic E-state index is 0.00323. The van der Waals surface area contributed by atoms with Gasteiger partial charge in [-0.25, -0.2) is 0 Å². The molecule has 0 aliphatic carbocycles. The second-order valence-electron chi connectivity index (χ2n) is 3.80. The first-order valence-corrected chi connectivity index (χ1v) is 5.53. The van der Waals surface area contributed by atoms with Crippen LogP contribution in [0.3, 0.4) is 0 Å². The molecule has 10 heteroatoms. The molecule has 0 bridgehead atoms. The van der Waals surface area contributed by atoms with Crippen LogP contribution in [0.2, 0.25) is 5.02 Å². The van der Waals surface area contributed by atoms with Crippen molar-refractivity contribution in [3.05, 3.63) is 33.5 Å². The summed E-state index contributed by atoms with van der Waals surface area (Å²) in [6, 6.07) is 2.05. The summed E-state index contributed by atoms with van der Waals surface area (Å²) < 4.78 is 34.8. The molecule has 0 unspecified atom stereocenters. The van der Waals surface area contributed by atoms with Gasteiger partial charge in [-0.15, -0.1) is 8.78 Å². The summed E-state index contributed by atoms with van der Waals surface area (Å²) in [6.07, 6.45) is -2.70. The molecule has 20 heavy (non-hydrogen) atoms. The quantitative estimate of drug-likeness (QED) is 0.680. The number of nitro benzene ring substituents is 1. The Labute approximate surface area is 114 Å². The van der Waals surface area contributed by atoms with Gasteiger partial charge in [0, 0.05) is 6.07 Å². The highest BCUT2D eigenvalue weighted by Gasteiger charge is 2.46. The molecule has 1 aliphatic heterocycles. The van der Waals surface area contributed by atoms with E-state index in [4.69, 9.17) is 11.6 Å². The first-order chi connectivity index (χ1) is 9.39. The SMILES string of the molecule is O=[N+]([O-])c1ccc2c(c1-c1[nH]ncc1Cl)OC(F)(F)O2. The fraction of sp³-hybridized carbons (Fsp3) is 0.100. The number of aromatic nitrogens is 2. The van der Waals surface area contributed by atoms with Gasteiger partial charge in [-0.1, -0.05) is 11.6 Å². The van der Waals surface area contributed by atoms with E-state index in [1.807, 2.05) is 0 Å². The lowest BCUT2D eigenvalue weighted by atomic mass is 10.1. The van der Waals surface area contributed by atoms with Crippen LogP contribution in [0.4, 0.5) is 14.5 Å². The molecule has 0 fully saturated rings. The molecule has 1 aliphatic rings. The van der Waals surface area contributed by atoms with Gasteiger partial charge < -0.3 is 9.47 Å². The molecule has 7 nitrogen and oxygen atoms in total. The summed E-state index contributed by atoms with van der Waals surface area (Å²) in [5.74, 6) is -0.781. The van der Waals surface area contributed by atoms with Crippen LogP contribution in [0.25, 0.3) is 11.3 Å². The minimum Gasteiger partial charge on any atom is -0.395 e. The predicted octanol–water partition coefficient (Wildman–Crippen LogP) is 2.96. The first-order valence-electron chi connectivity index (χ1n) is 5.15. The van der Waals surface area contributed by atoms with Crippen molar-refractivity contribution in [3.63, 3.8) is 0 Å². The van der Waals surface area contributed by atoms with Crippen molar-refractivity contribution in [3.8, 4) is 22.8 Å². The zero-order chi connectivity index (χ0) is 14.5. The maximum absolute atomic E-state index is 13.1. The van der Waals surface area contributed by atoms with E-state index in [0.717, 1.165) is 12.1 Å². The van der Waals surface area contributed by atoms with Gasteiger partial charge in [0.05, 0.1) is 21.8 Å². The number of nitro groups is 1. The molecule has 3 rings (SSSR count). The summed E-state index contributed by atoms with van der Waals surface area (Å²) in [5, 5.41) is 17.1. The maximum atomic E-state index is 13.1. The normalized spacial score (nSPS) is 15.3. The van der Waals surface area contributed by atoms with Crippen LogP contribution in [-0.2, 0) is 0 Å². The fourth-order valence-corrected chi connectivity index (χ4v) is 2.03. The lowest BCUT2D eigenvalue weighted by molar-refractivity contribution is -0.384. The number of rotatable bonds is 2. The van der Waals surface area contributed by atoms with E-state index >= 15 is 0 Å². The number of hydrogen-bond acceptors (Lipinski definition) is 5. The van der Waals surface area contributed by atoms with E-state index in [-0.39, 0.29) is 22.0 Å². The van der Waals surface area contributed by atoms with Crippen LogP contribution in [0, 0.1) is 10.1 Å². The van der Waals surface area contributed by atoms with Crippen molar-refractivity contribution in [2.24, 2.45) is 0 Å². The number of aromatic amines is 1.